The number of benzene rings is 3. The number of nitrogens with one attached hydrogen (secondary N) is 1. The summed E-state index contributed by atoms with van der Waals surface area (Å²) in [6, 6.07) is 22.7. The third-order valence-corrected chi connectivity index (χ3v) is 3.78. The fourth-order valence-corrected chi connectivity index (χ4v) is 2.85. The molecule has 120 valence electrons. The van der Waals surface area contributed by atoms with Crippen LogP contribution >= 0.6 is 0 Å². The van der Waals surface area contributed by atoms with Crippen LogP contribution in [0.15, 0.2) is 66.7 Å². The molecule has 0 amide bonds. The minimum Gasteiger partial charge on any atom is -0.402 e. The average molecular weight is 320 g/mol. The lowest BCUT2D eigenvalue weighted by Gasteiger charge is -2.07. The molecule has 1 heterocycles. The molecule has 0 saturated heterocycles. The van der Waals surface area contributed by atoms with Crippen LogP contribution in [-0.4, -0.2) is 27.4 Å². The van der Waals surface area contributed by atoms with Gasteiger partial charge >= 0.3 is 7.32 Å². The molecule has 6 N–H and O–H groups in total. The lowest BCUT2D eigenvalue weighted by molar-refractivity contribution is 0.278. The van der Waals surface area contributed by atoms with Gasteiger partial charge in [-0.25, -0.2) is 0 Å². The highest BCUT2D eigenvalue weighted by Crippen LogP contribution is 2.36. The van der Waals surface area contributed by atoms with Crippen molar-refractivity contribution in [3.63, 3.8) is 0 Å². The molecule has 0 unspecified atom stereocenters. The van der Waals surface area contributed by atoms with Gasteiger partial charge in [-0.05, 0) is 17.7 Å². The van der Waals surface area contributed by atoms with Gasteiger partial charge in [-0.15, -0.1) is 0 Å². The van der Waals surface area contributed by atoms with E-state index in [0.717, 1.165) is 27.8 Å². The molecule has 0 fully saturated rings. The van der Waals surface area contributed by atoms with Gasteiger partial charge in [-0.3, -0.25) is 0 Å². The van der Waals surface area contributed by atoms with Crippen LogP contribution in [0, 0.1) is 0 Å². The van der Waals surface area contributed by atoms with E-state index in [2.05, 4.69) is 41.4 Å². The Morgan fingerprint density at radius 1 is 0.750 bits per heavy atom. The van der Waals surface area contributed by atoms with E-state index >= 15 is 0 Å². The Hall–Kier alpha value is -2.80. The molecule has 0 bridgehead atoms. The van der Waals surface area contributed by atoms with Gasteiger partial charge in [0.15, 0.2) is 0 Å². The third-order valence-electron chi connectivity index (χ3n) is 3.78. The number of fused-ring (bicyclic) bond motifs is 3. The van der Waals surface area contributed by atoms with E-state index in [1.54, 1.807) is 0 Å². The van der Waals surface area contributed by atoms with Crippen molar-refractivity contribution in [1.29, 1.82) is 0 Å². The fourth-order valence-electron chi connectivity index (χ4n) is 2.85. The SMILES string of the molecule is Nc1ccc2c([nH]c3ccccc32)c1-c1ccccc1.OB(O)O. The molecule has 4 aromatic rings. The minimum atomic E-state index is -2.17. The van der Waals surface area contributed by atoms with Crippen molar-refractivity contribution in [2.45, 2.75) is 0 Å². The number of nitrogens with two attached hydrogens (primary N) is 1. The van der Waals surface area contributed by atoms with Crippen molar-refractivity contribution in [2.75, 3.05) is 5.73 Å². The van der Waals surface area contributed by atoms with Gasteiger partial charge < -0.3 is 25.8 Å². The lowest BCUT2D eigenvalue weighted by atomic mass is 10.0. The van der Waals surface area contributed by atoms with E-state index in [4.69, 9.17) is 20.8 Å². The van der Waals surface area contributed by atoms with Crippen molar-refractivity contribution in [2.24, 2.45) is 0 Å². The number of aromatic amines is 1. The van der Waals surface area contributed by atoms with Crippen LogP contribution in [0.1, 0.15) is 0 Å². The van der Waals surface area contributed by atoms with E-state index in [1.807, 2.05) is 30.3 Å². The van der Waals surface area contributed by atoms with Gasteiger partial charge in [-0.1, -0.05) is 54.6 Å². The number of hydrogen-bond donors (Lipinski definition) is 5. The van der Waals surface area contributed by atoms with Crippen LogP contribution < -0.4 is 5.73 Å². The number of aromatic nitrogens is 1. The second-order valence-corrected chi connectivity index (χ2v) is 5.34. The van der Waals surface area contributed by atoms with E-state index in [9.17, 15) is 0 Å². The summed E-state index contributed by atoms with van der Waals surface area (Å²) in [5, 5.41) is 24.0. The van der Waals surface area contributed by atoms with Crippen LogP contribution in [0.25, 0.3) is 32.9 Å². The van der Waals surface area contributed by atoms with Crippen LogP contribution in [0.2, 0.25) is 0 Å². The molecule has 5 nitrogen and oxygen atoms in total. The average Bonchev–Trinajstić information content (AvgIpc) is 2.93. The third kappa shape index (κ3) is 3.11. The first-order valence-electron chi connectivity index (χ1n) is 7.46. The first-order chi connectivity index (χ1) is 11.6. The Balaban J connectivity index is 0.000000383. The van der Waals surface area contributed by atoms with Crippen molar-refractivity contribution >= 4 is 34.8 Å². The van der Waals surface area contributed by atoms with Gasteiger partial charge in [0, 0.05) is 27.5 Å². The molecule has 24 heavy (non-hydrogen) atoms. The maximum absolute atomic E-state index is 7.17. The number of H-pyrrole nitrogens is 1. The highest BCUT2D eigenvalue weighted by Gasteiger charge is 2.11. The van der Waals surface area contributed by atoms with Crippen LogP contribution in [0.3, 0.4) is 0 Å². The predicted molar refractivity (Wildman–Crippen MR) is 98.1 cm³/mol. The summed E-state index contributed by atoms with van der Waals surface area (Å²) in [5.41, 5.74) is 11.5. The van der Waals surface area contributed by atoms with Crippen molar-refractivity contribution < 1.29 is 15.1 Å². The van der Waals surface area contributed by atoms with Gasteiger partial charge in [0.05, 0.1) is 5.52 Å². The molecule has 0 atom stereocenters. The van der Waals surface area contributed by atoms with Crippen molar-refractivity contribution in [3.8, 4) is 11.1 Å². The van der Waals surface area contributed by atoms with Gasteiger partial charge in [0.2, 0.25) is 0 Å². The monoisotopic (exact) mass is 320 g/mol. The molecule has 0 aliphatic rings. The molecule has 0 aliphatic heterocycles. The molecular weight excluding hydrogens is 303 g/mol. The summed E-state index contributed by atoms with van der Waals surface area (Å²) < 4.78 is 0. The van der Waals surface area contributed by atoms with E-state index in [1.165, 1.54) is 10.8 Å². The number of anilines is 1. The molecule has 0 aliphatic carbocycles. The number of hydrogen-bond acceptors (Lipinski definition) is 4. The Kier molecular flexibility index (Phi) is 4.53. The Bertz CT molecular complexity index is 965. The standard InChI is InChI=1S/C18H14N2.BH3O3/c19-15-11-10-14-13-8-4-5-9-16(13)20-18(14)17(15)12-6-2-1-3-7-12;2-1(3)4/h1-11,20H,19H2;2-4H. The van der Waals surface area contributed by atoms with Crippen molar-refractivity contribution in [3.05, 3.63) is 66.7 Å². The smallest absolute Gasteiger partial charge is 0.402 e. The van der Waals surface area contributed by atoms with Gasteiger partial charge in [0.1, 0.15) is 0 Å². The topological polar surface area (TPSA) is 103 Å². The maximum atomic E-state index is 7.17. The summed E-state index contributed by atoms with van der Waals surface area (Å²) in [4.78, 5) is 3.51. The first-order valence-corrected chi connectivity index (χ1v) is 7.46. The zero-order chi connectivity index (χ0) is 17.1. The highest BCUT2D eigenvalue weighted by atomic mass is 16.5. The summed E-state index contributed by atoms with van der Waals surface area (Å²) in [6.45, 7) is 0. The Morgan fingerprint density at radius 2 is 1.38 bits per heavy atom. The molecule has 1 aromatic heterocycles. The van der Waals surface area contributed by atoms with Crippen LogP contribution in [-0.2, 0) is 0 Å². The molecule has 0 radical (unpaired) electrons. The molecule has 3 aromatic carbocycles. The fraction of sp³-hybridized carbons (Fsp3) is 0. The second kappa shape index (κ2) is 6.76. The minimum absolute atomic E-state index is 0.801. The molecular formula is C18H17BN2O3. The summed E-state index contributed by atoms with van der Waals surface area (Å²) in [7, 11) is -2.17. The van der Waals surface area contributed by atoms with Crippen LogP contribution in [0.4, 0.5) is 5.69 Å². The number of nitrogen functional groups attached to an aromatic ring is 1. The van der Waals surface area contributed by atoms with E-state index < -0.39 is 7.32 Å². The quantitative estimate of drug-likeness (QED) is 0.275. The summed E-state index contributed by atoms with van der Waals surface area (Å²) in [6.07, 6.45) is 0. The van der Waals surface area contributed by atoms with Crippen molar-refractivity contribution in [1.82, 2.24) is 4.98 Å². The zero-order valence-electron chi connectivity index (χ0n) is 12.8. The molecule has 6 heteroatoms. The predicted octanol–water partition coefficient (Wildman–Crippen LogP) is 2.52. The highest BCUT2D eigenvalue weighted by molar-refractivity contribution is 6.30. The molecule has 0 spiro atoms. The molecule has 0 saturated carbocycles. The Morgan fingerprint density at radius 3 is 2.08 bits per heavy atom. The first kappa shape index (κ1) is 16.1. The largest absolute Gasteiger partial charge is 0.631 e. The summed E-state index contributed by atoms with van der Waals surface area (Å²) >= 11 is 0. The maximum Gasteiger partial charge on any atom is 0.631 e. The van der Waals surface area contributed by atoms with E-state index in [0.29, 0.717) is 0 Å². The number of rotatable bonds is 1. The Labute approximate surface area is 139 Å². The van der Waals surface area contributed by atoms with Gasteiger partial charge in [-0.2, -0.15) is 0 Å². The normalized spacial score (nSPS) is 10.5. The zero-order valence-corrected chi connectivity index (χ0v) is 12.8. The van der Waals surface area contributed by atoms with Crippen LogP contribution in [0.5, 0.6) is 0 Å². The van der Waals surface area contributed by atoms with E-state index in [-0.39, 0.29) is 0 Å². The van der Waals surface area contributed by atoms with Gasteiger partial charge in [0.25, 0.3) is 0 Å². The summed E-state index contributed by atoms with van der Waals surface area (Å²) in [5.74, 6) is 0. The lowest BCUT2D eigenvalue weighted by Crippen LogP contribution is -2.07. The second-order valence-electron chi connectivity index (χ2n) is 5.34. The molecule has 4 rings (SSSR count). The number of para-hydroxylation sites is 1.